The zero-order valence-electron chi connectivity index (χ0n) is 16.4. The predicted octanol–water partition coefficient (Wildman–Crippen LogP) is 2.26. The molecular formula is C22H25N5O. The molecule has 28 heavy (non-hydrogen) atoms. The zero-order valence-corrected chi connectivity index (χ0v) is 16.4. The molecule has 0 atom stereocenters. The smallest absolute Gasteiger partial charge is 0.249 e. The van der Waals surface area contributed by atoms with Gasteiger partial charge in [0, 0.05) is 18.3 Å². The lowest BCUT2D eigenvalue weighted by Gasteiger charge is -2.11. The maximum Gasteiger partial charge on any atom is 0.249 e. The summed E-state index contributed by atoms with van der Waals surface area (Å²) in [5, 5.41) is 0. The molecule has 0 bridgehead atoms. The molecule has 6 heteroatoms. The summed E-state index contributed by atoms with van der Waals surface area (Å²) in [6.45, 7) is 2.14. The van der Waals surface area contributed by atoms with Gasteiger partial charge >= 0.3 is 0 Å². The monoisotopic (exact) mass is 375 g/mol. The molecule has 0 saturated carbocycles. The molecule has 0 unspecified atom stereocenters. The van der Waals surface area contributed by atoms with E-state index >= 15 is 0 Å². The third-order valence-electron chi connectivity index (χ3n) is 4.11. The van der Waals surface area contributed by atoms with Crippen LogP contribution in [0.4, 0.5) is 0 Å². The Labute approximate surface area is 165 Å². The highest BCUT2D eigenvalue weighted by Crippen LogP contribution is 2.17. The summed E-state index contributed by atoms with van der Waals surface area (Å²) in [7, 11) is 4.08. The Morgan fingerprint density at radius 3 is 2.64 bits per heavy atom. The minimum atomic E-state index is 0.450. The molecule has 3 rings (SSSR count). The topological polar surface area (TPSA) is 77.2 Å². The number of hydrogen-bond acceptors (Lipinski definition) is 6. The van der Waals surface area contributed by atoms with E-state index in [1.54, 1.807) is 6.20 Å². The maximum atomic E-state index is 5.89. The first kappa shape index (κ1) is 19.7. The van der Waals surface area contributed by atoms with Gasteiger partial charge in [-0.25, -0.2) is 15.0 Å². The van der Waals surface area contributed by atoms with Gasteiger partial charge in [-0.15, -0.1) is 0 Å². The number of nitrogens with two attached hydrogens (primary N) is 1. The van der Waals surface area contributed by atoms with Crippen molar-refractivity contribution in [1.29, 1.82) is 0 Å². The molecule has 0 saturated heterocycles. The van der Waals surface area contributed by atoms with Crippen LogP contribution in [0.15, 0.2) is 42.6 Å². The molecule has 2 heterocycles. The quantitative estimate of drug-likeness (QED) is 0.504. The standard InChI is InChI=1S/C22H25N5O/c1-27(2)15-4-16-28-22-20(25-21-19(26-22)5-3-14-24-21)11-10-17-6-8-18(9-7-17)12-13-23/h3,5-9,14H,4,12-13,15-16,23H2,1-2H3. The van der Waals surface area contributed by atoms with Crippen molar-refractivity contribution in [2.24, 2.45) is 5.73 Å². The van der Waals surface area contributed by atoms with Crippen LogP contribution in [0.2, 0.25) is 0 Å². The largest absolute Gasteiger partial charge is 0.476 e. The number of rotatable bonds is 7. The van der Waals surface area contributed by atoms with Gasteiger partial charge in [-0.05, 0) is 69.2 Å². The number of pyridine rings is 1. The average Bonchev–Trinajstić information content (AvgIpc) is 2.70. The summed E-state index contributed by atoms with van der Waals surface area (Å²) in [4.78, 5) is 15.5. The third kappa shape index (κ3) is 5.49. The fraction of sp³-hybridized carbons (Fsp3) is 0.318. The summed E-state index contributed by atoms with van der Waals surface area (Å²) in [5.41, 5.74) is 9.46. The van der Waals surface area contributed by atoms with Crippen LogP contribution in [0.3, 0.4) is 0 Å². The van der Waals surface area contributed by atoms with E-state index in [0.717, 1.165) is 24.9 Å². The molecule has 6 nitrogen and oxygen atoms in total. The molecule has 2 N–H and O–H groups in total. The molecule has 1 aromatic carbocycles. The van der Waals surface area contributed by atoms with E-state index in [4.69, 9.17) is 10.5 Å². The fourth-order valence-electron chi connectivity index (χ4n) is 2.66. The molecule has 0 amide bonds. The van der Waals surface area contributed by atoms with Crippen molar-refractivity contribution < 1.29 is 4.74 Å². The molecule has 0 spiro atoms. The second kappa shape index (κ2) is 9.79. The second-order valence-corrected chi connectivity index (χ2v) is 6.71. The molecule has 0 aliphatic heterocycles. The number of aromatic nitrogens is 3. The summed E-state index contributed by atoms with van der Waals surface area (Å²) in [6.07, 6.45) is 3.46. The Kier molecular flexibility index (Phi) is 6.90. The highest BCUT2D eigenvalue weighted by Gasteiger charge is 2.09. The first-order valence-corrected chi connectivity index (χ1v) is 9.37. The van der Waals surface area contributed by atoms with E-state index < -0.39 is 0 Å². The van der Waals surface area contributed by atoms with Gasteiger partial charge in [0.25, 0.3) is 0 Å². The number of ether oxygens (including phenoxy) is 1. The second-order valence-electron chi connectivity index (χ2n) is 6.71. The third-order valence-corrected chi connectivity index (χ3v) is 4.11. The average molecular weight is 375 g/mol. The molecule has 2 aromatic heterocycles. The Morgan fingerprint density at radius 2 is 1.89 bits per heavy atom. The zero-order chi connectivity index (χ0) is 19.8. The van der Waals surface area contributed by atoms with Gasteiger partial charge in [-0.3, -0.25) is 0 Å². The van der Waals surface area contributed by atoms with Gasteiger partial charge in [-0.2, -0.15) is 0 Å². The number of fused-ring (bicyclic) bond motifs is 1. The lowest BCUT2D eigenvalue weighted by Crippen LogP contribution is -2.16. The number of benzene rings is 1. The van der Waals surface area contributed by atoms with Crippen LogP contribution in [-0.2, 0) is 6.42 Å². The van der Waals surface area contributed by atoms with Gasteiger partial charge in [0.1, 0.15) is 5.52 Å². The summed E-state index contributed by atoms with van der Waals surface area (Å²) in [5.74, 6) is 6.69. The molecule has 0 aliphatic rings. The van der Waals surface area contributed by atoms with Crippen molar-refractivity contribution in [2.45, 2.75) is 12.8 Å². The van der Waals surface area contributed by atoms with Gasteiger partial charge in [-0.1, -0.05) is 18.1 Å². The van der Waals surface area contributed by atoms with Crippen molar-refractivity contribution in [3.8, 4) is 17.7 Å². The van der Waals surface area contributed by atoms with Crippen LogP contribution >= 0.6 is 0 Å². The lowest BCUT2D eigenvalue weighted by atomic mass is 10.1. The molecule has 0 aliphatic carbocycles. The van der Waals surface area contributed by atoms with E-state index in [2.05, 4.69) is 31.7 Å². The van der Waals surface area contributed by atoms with Crippen molar-refractivity contribution in [3.05, 3.63) is 59.4 Å². The Bertz CT molecular complexity index is 974. The van der Waals surface area contributed by atoms with Crippen LogP contribution in [-0.4, -0.2) is 53.6 Å². The highest BCUT2D eigenvalue weighted by atomic mass is 16.5. The minimum Gasteiger partial charge on any atom is -0.476 e. The summed E-state index contributed by atoms with van der Waals surface area (Å²) in [6, 6.07) is 11.8. The maximum absolute atomic E-state index is 5.89. The van der Waals surface area contributed by atoms with Gasteiger partial charge in [0.15, 0.2) is 11.3 Å². The fourth-order valence-corrected chi connectivity index (χ4v) is 2.66. The van der Waals surface area contributed by atoms with E-state index in [0.29, 0.717) is 35.9 Å². The summed E-state index contributed by atoms with van der Waals surface area (Å²) < 4.78 is 5.89. The molecule has 3 aromatic rings. The van der Waals surface area contributed by atoms with E-state index in [9.17, 15) is 0 Å². The van der Waals surface area contributed by atoms with Crippen molar-refractivity contribution in [3.63, 3.8) is 0 Å². The Hall–Kier alpha value is -3.01. The highest BCUT2D eigenvalue weighted by molar-refractivity contribution is 5.71. The molecule has 144 valence electrons. The number of hydrogen-bond donors (Lipinski definition) is 1. The van der Waals surface area contributed by atoms with Crippen LogP contribution in [0.25, 0.3) is 11.2 Å². The first-order chi connectivity index (χ1) is 13.7. The first-order valence-electron chi connectivity index (χ1n) is 9.37. The minimum absolute atomic E-state index is 0.450. The van der Waals surface area contributed by atoms with Gasteiger partial charge in [0.05, 0.1) is 6.61 Å². The normalized spacial score (nSPS) is 10.7. The van der Waals surface area contributed by atoms with Gasteiger partial charge in [0.2, 0.25) is 5.88 Å². The molecule has 0 radical (unpaired) electrons. The SMILES string of the molecule is CN(C)CCCOc1nc2cccnc2nc1C#Cc1ccc(CCN)cc1. The van der Waals surface area contributed by atoms with Gasteiger partial charge < -0.3 is 15.4 Å². The Morgan fingerprint density at radius 1 is 1.07 bits per heavy atom. The molecule has 0 fully saturated rings. The van der Waals surface area contributed by atoms with E-state index in [-0.39, 0.29) is 0 Å². The molecular weight excluding hydrogens is 350 g/mol. The van der Waals surface area contributed by atoms with Crippen LogP contribution in [0.5, 0.6) is 5.88 Å². The van der Waals surface area contributed by atoms with Crippen LogP contribution in [0.1, 0.15) is 23.2 Å². The summed E-state index contributed by atoms with van der Waals surface area (Å²) >= 11 is 0. The Balaban J connectivity index is 1.84. The van der Waals surface area contributed by atoms with E-state index in [1.807, 2.05) is 50.5 Å². The number of nitrogens with zero attached hydrogens (tertiary/aromatic N) is 4. The van der Waals surface area contributed by atoms with Crippen molar-refractivity contribution >= 4 is 11.2 Å². The van der Waals surface area contributed by atoms with Crippen LogP contribution in [0, 0.1) is 11.8 Å². The van der Waals surface area contributed by atoms with E-state index in [1.165, 1.54) is 5.56 Å². The van der Waals surface area contributed by atoms with Crippen molar-refractivity contribution in [1.82, 2.24) is 19.9 Å². The predicted molar refractivity (Wildman–Crippen MR) is 111 cm³/mol. The lowest BCUT2D eigenvalue weighted by molar-refractivity contribution is 0.272. The van der Waals surface area contributed by atoms with Crippen molar-refractivity contribution in [2.75, 3.05) is 33.8 Å². The van der Waals surface area contributed by atoms with Crippen LogP contribution < -0.4 is 10.5 Å².